The van der Waals surface area contributed by atoms with Crippen molar-refractivity contribution in [1.82, 2.24) is 9.59 Å². The molecule has 15 heavy (non-hydrogen) atoms. The van der Waals surface area contributed by atoms with Crippen molar-refractivity contribution in [2.75, 3.05) is 0 Å². The van der Waals surface area contributed by atoms with Crippen molar-refractivity contribution >= 4 is 11.5 Å². The van der Waals surface area contributed by atoms with Crippen molar-refractivity contribution in [2.45, 2.75) is 6.18 Å². The number of halogens is 3. The second kappa shape index (κ2) is 3.62. The lowest BCUT2D eigenvalue weighted by atomic mass is 10.1. The Labute approximate surface area is 87.5 Å². The van der Waals surface area contributed by atoms with Gasteiger partial charge in [-0.1, -0.05) is 16.6 Å². The van der Waals surface area contributed by atoms with Crippen LogP contribution in [0.1, 0.15) is 5.56 Å². The molecule has 0 aliphatic rings. The Morgan fingerprint density at radius 1 is 1.07 bits per heavy atom. The number of nitrogens with zero attached hydrogens (tertiary/aromatic N) is 2. The molecule has 2 aromatic rings. The minimum Gasteiger partial charge on any atom is -0.166 e. The van der Waals surface area contributed by atoms with Crippen molar-refractivity contribution < 1.29 is 13.2 Å². The van der Waals surface area contributed by atoms with Crippen LogP contribution in [0.25, 0.3) is 11.3 Å². The second-order valence-electron chi connectivity index (χ2n) is 2.87. The van der Waals surface area contributed by atoms with E-state index in [4.69, 9.17) is 0 Å². The third-order valence-electron chi connectivity index (χ3n) is 1.87. The lowest BCUT2D eigenvalue weighted by Crippen LogP contribution is -2.03. The molecule has 1 aromatic heterocycles. The zero-order valence-electron chi connectivity index (χ0n) is 7.32. The Morgan fingerprint density at radius 3 is 2.20 bits per heavy atom. The molecule has 0 N–H and O–H groups in total. The summed E-state index contributed by atoms with van der Waals surface area (Å²) in [5.41, 5.74) is 0.569. The van der Waals surface area contributed by atoms with Gasteiger partial charge in [0.25, 0.3) is 0 Å². The van der Waals surface area contributed by atoms with Crippen LogP contribution in [0.2, 0.25) is 0 Å². The Balaban J connectivity index is 2.33. The van der Waals surface area contributed by atoms with Crippen molar-refractivity contribution in [2.24, 2.45) is 0 Å². The van der Waals surface area contributed by atoms with E-state index in [0.717, 1.165) is 23.7 Å². The normalized spacial score (nSPS) is 11.7. The van der Waals surface area contributed by atoms with E-state index in [9.17, 15) is 13.2 Å². The molecule has 0 unspecified atom stereocenters. The minimum absolute atomic E-state index is 0.591. The van der Waals surface area contributed by atoms with E-state index in [1.165, 1.54) is 12.1 Å². The summed E-state index contributed by atoms with van der Waals surface area (Å²) in [6.07, 6.45) is -4.29. The van der Waals surface area contributed by atoms with E-state index in [-0.39, 0.29) is 0 Å². The first kappa shape index (κ1) is 10.1. The fourth-order valence-corrected chi connectivity index (χ4v) is 1.59. The van der Waals surface area contributed by atoms with Crippen LogP contribution in [-0.2, 0) is 6.18 Å². The molecule has 0 atom stereocenters. The van der Waals surface area contributed by atoms with Gasteiger partial charge in [-0.3, -0.25) is 0 Å². The summed E-state index contributed by atoms with van der Waals surface area (Å²) in [5.74, 6) is 0. The van der Waals surface area contributed by atoms with Crippen molar-refractivity contribution in [3.63, 3.8) is 0 Å². The topological polar surface area (TPSA) is 25.8 Å². The van der Waals surface area contributed by atoms with Crippen LogP contribution in [0, 0.1) is 0 Å². The molecule has 2 rings (SSSR count). The molecule has 0 saturated heterocycles. The maximum atomic E-state index is 12.2. The number of alkyl halides is 3. The van der Waals surface area contributed by atoms with E-state index < -0.39 is 11.7 Å². The molecule has 0 aliphatic carbocycles. The molecule has 0 amide bonds. The first-order valence-electron chi connectivity index (χ1n) is 4.02. The summed E-state index contributed by atoms with van der Waals surface area (Å²) >= 11 is 1.16. The number of hydrogen-bond donors (Lipinski definition) is 0. The third kappa shape index (κ3) is 2.15. The summed E-state index contributed by atoms with van der Waals surface area (Å²) in [4.78, 5) is 0. The zero-order valence-corrected chi connectivity index (χ0v) is 8.14. The van der Waals surface area contributed by atoms with Crippen LogP contribution in [0.4, 0.5) is 13.2 Å². The zero-order chi connectivity index (χ0) is 10.9. The number of aromatic nitrogens is 2. The quantitative estimate of drug-likeness (QED) is 0.751. The minimum atomic E-state index is -4.29. The van der Waals surface area contributed by atoms with E-state index >= 15 is 0 Å². The fourth-order valence-electron chi connectivity index (χ4n) is 1.12. The lowest BCUT2D eigenvalue weighted by molar-refractivity contribution is -0.137. The summed E-state index contributed by atoms with van der Waals surface area (Å²) in [6.45, 7) is 0. The number of hydrogen-bond acceptors (Lipinski definition) is 3. The van der Waals surface area contributed by atoms with E-state index in [2.05, 4.69) is 9.59 Å². The van der Waals surface area contributed by atoms with Gasteiger partial charge in [0.05, 0.1) is 5.56 Å². The third-order valence-corrected chi connectivity index (χ3v) is 2.37. The van der Waals surface area contributed by atoms with Gasteiger partial charge in [0.2, 0.25) is 0 Å². The molecule has 6 heteroatoms. The van der Waals surface area contributed by atoms with Crippen LogP contribution < -0.4 is 0 Å². The number of rotatable bonds is 1. The second-order valence-corrected chi connectivity index (χ2v) is 3.48. The molecule has 0 spiro atoms. The summed E-state index contributed by atoms with van der Waals surface area (Å²) < 4.78 is 40.3. The Hall–Kier alpha value is -1.43. The SMILES string of the molecule is FC(F)(F)c1ccc(-c2csnn2)cc1. The van der Waals surface area contributed by atoms with Crippen molar-refractivity contribution in [3.05, 3.63) is 35.2 Å². The van der Waals surface area contributed by atoms with Gasteiger partial charge in [-0.25, -0.2) is 0 Å². The van der Waals surface area contributed by atoms with Crippen LogP contribution in [0.5, 0.6) is 0 Å². The standard InChI is InChI=1S/C9H5F3N2S/c10-9(11,12)7-3-1-6(2-4-7)8-5-15-14-13-8/h1-5H. The first-order chi connectivity index (χ1) is 7.07. The van der Waals surface area contributed by atoms with Crippen molar-refractivity contribution in [3.8, 4) is 11.3 Å². The summed E-state index contributed by atoms with van der Waals surface area (Å²) in [7, 11) is 0. The van der Waals surface area contributed by atoms with E-state index in [0.29, 0.717) is 11.3 Å². The Kier molecular flexibility index (Phi) is 2.44. The predicted octanol–water partition coefficient (Wildman–Crippen LogP) is 3.22. The molecule has 0 aliphatic heterocycles. The van der Waals surface area contributed by atoms with Gasteiger partial charge >= 0.3 is 6.18 Å². The number of benzene rings is 1. The maximum Gasteiger partial charge on any atom is 0.416 e. The smallest absolute Gasteiger partial charge is 0.166 e. The van der Waals surface area contributed by atoms with Gasteiger partial charge in [-0.15, -0.1) is 5.10 Å². The lowest BCUT2D eigenvalue weighted by Gasteiger charge is -2.06. The molecular formula is C9H5F3N2S. The van der Waals surface area contributed by atoms with Gasteiger partial charge < -0.3 is 0 Å². The highest BCUT2D eigenvalue weighted by molar-refractivity contribution is 7.03. The van der Waals surface area contributed by atoms with Gasteiger partial charge in [0.15, 0.2) is 0 Å². The van der Waals surface area contributed by atoms with Crippen molar-refractivity contribution in [1.29, 1.82) is 0 Å². The molecule has 2 nitrogen and oxygen atoms in total. The van der Waals surface area contributed by atoms with Crippen LogP contribution >= 0.6 is 11.5 Å². The average Bonchev–Trinajstić information content (AvgIpc) is 2.69. The molecule has 0 bridgehead atoms. The largest absolute Gasteiger partial charge is 0.416 e. The highest BCUT2D eigenvalue weighted by Gasteiger charge is 2.29. The molecule has 1 heterocycles. The molecule has 0 radical (unpaired) electrons. The maximum absolute atomic E-state index is 12.2. The molecule has 78 valence electrons. The van der Waals surface area contributed by atoms with Crippen LogP contribution in [0.15, 0.2) is 29.6 Å². The Bertz CT molecular complexity index is 433. The average molecular weight is 230 g/mol. The van der Waals surface area contributed by atoms with Crippen LogP contribution in [-0.4, -0.2) is 9.59 Å². The fraction of sp³-hybridized carbons (Fsp3) is 0.111. The van der Waals surface area contributed by atoms with E-state index in [1.54, 1.807) is 5.38 Å². The van der Waals surface area contributed by atoms with Gasteiger partial charge in [-0.05, 0) is 23.7 Å². The highest BCUT2D eigenvalue weighted by atomic mass is 32.1. The molecule has 1 aromatic carbocycles. The van der Waals surface area contributed by atoms with Crippen LogP contribution in [0.3, 0.4) is 0 Å². The summed E-state index contributed by atoms with van der Waals surface area (Å²) in [6, 6.07) is 4.85. The van der Waals surface area contributed by atoms with Gasteiger partial charge in [0.1, 0.15) is 5.69 Å². The summed E-state index contributed by atoms with van der Waals surface area (Å²) in [5, 5.41) is 5.45. The van der Waals surface area contributed by atoms with Gasteiger partial charge in [-0.2, -0.15) is 13.2 Å². The monoisotopic (exact) mass is 230 g/mol. The Morgan fingerprint density at radius 2 is 1.73 bits per heavy atom. The molecular weight excluding hydrogens is 225 g/mol. The molecule has 0 fully saturated rings. The first-order valence-corrected chi connectivity index (χ1v) is 4.86. The van der Waals surface area contributed by atoms with E-state index in [1.807, 2.05) is 0 Å². The molecule has 0 saturated carbocycles. The van der Waals surface area contributed by atoms with Gasteiger partial charge in [0, 0.05) is 10.9 Å². The predicted molar refractivity (Wildman–Crippen MR) is 50.3 cm³/mol. The highest BCUT2D eigenvalue weighted by Crippen LogP contribution is 2.30.